The first-order valence-corrected chi connectivity index (χ1v) is 14.5. The maximum atomic E-state index is 13.9. The number of anilines is 2. The Kier molecular flexibility index (Phi) is 8.59. The van der Waals surface area contributed by atoms with E-state index in [9.17, 15) is 14.3 Å². The molecule has 1 saturated carbocycles. The Bertz CT molecular complexity index is 1700. The number of nitrogens with zero attached hydrogens (tertiary/aromatic N) is 3. The molecule has 2 amide bonds. The fraction of sp³-hybridized carbons (Fsp3) is 0.323. The fourth-order valence-electron chi connectivity index (χ4n) is 5.20. The number of urea groups is 1. The predicted octanol–water partition coefficient (Wildman–Crippen LogP) is 5.32. The number of nitrogens with two attached hydrogens (primary N) is 2. The van der Waals surface area contributed by atoms with Crippen molar-refractivity contribution in [2.75, 3.05) is 17.2 Å². The van der Waals surface area contributed by atoms with Crippen LogP contribution in [0.1, 0.15) is 44.2 Å². The van der Waals surface area contributed by atoms with E-state index in [2.05, 4.69) is 26.0 Å². The molecular formula is C31H36ClFN8O2. The van der Waals surface area contributed by atoms with Gasteiger partial charge in [-0.05, 0) is 81.5 Å². The molecule has 2 atom stereocenters. The van der Waals surface area contributed by atoms with Crippen molar-refractivity contribution in [2.45, 2.75) is 57.7 Å². The number of benzene rings is 2. The summed E-state index contributed by atoms with van der Waals surface area (Å²) < 4.78 is 15.7. The average Bonchev–Trinajstić information content (AvgIpc) is 3.55. The second kappa shape index (κ2) is 12.2. The minimum atomic E-state index is -1.01. The SMILES string of the molecule is Cc1cc(NC(=O)NCC(C)(C)O)ccc1-c1cc2c(N[C@H]3CC[C@@H](N)C3)c(C(N)=Nc3cc(F)ccc3Cl)cnn2c1. The van der Waals surface area contributed by atoms with E-state index in [4.69, 9.17) is 23.1 Å². The Morgan fingerprint density at radius 2 is 2.02 bits per heavy atom. The quantitative estimate of drug-likeness (QED) is 0.118. The molecule has 0 unspecified atom stereocenters. The van der Waals surface area contributed by atoms with Crippen LogP contribution in [-0.2, 0) is 0 Å². The van der Waals surface area contributed by atoms with E-state index in [0.717, 1.165) is 47.2 Å². The van der Waals surface area contributed by atoms with Gasteiger partial charge in [0.05, 0.1) is 39.3 Å². The lowest BCUT2D eigenvalue weighted by Gasteiger charge is -2.18. The fourth-order valence-corrected chi connectivity index (χ4v) is 5.36. The summed E-state index contributed by atoms with van der Waals surface area (Å²) in [4.78, 5) is 16.7. The van der Waals surface area contributed by atoms with Crippen molar-refractivity contribution in [3.8, 4) is 11.1 Å². The van der Waals surface area contributed by atoms with E-state index in [1.165, 1.54) is 18.2 Å². The van der Waals surface area contributed by atoms with E-state index in [1.807, 2.05) is 37.4 Å². The topological polar surface area (TPSA) is 155 Å². The minimum Gasteiger partial charge on any atom is -0.389 e. The normalized spacial score (nSPS) is 17.3. The monoisotopic (exact) mass is 606 g/mol. The van der Waals surface area contributed by atoms with Crippen LogP contribution in [0.2, 0.25) is 5.02 Å². The lowest BCUT2D eigenvalue weighted by Crippen LogP contribution is -2.40. The Hall–Kier alpha value is -4.19. The van der Waals surface area contributed by atoms with Gasteiger partial charge in [0.1, 0.15) is 11.7 Å². The van der Waals surface area contributed by atoms with Crippen LogP contribution in [0.4, 0.5) is 26.2 Å². The number of fused-ring (bicyclic) bond motifs is 1. The van der Waals surface area contributed by atoms with Crippen molar-refractivity contribution < 1.29 is 14.3 Å². The highest BCUT2D eigenvalue weighted by atomic mass is 35.5. The lowest BCUT2D eigenvalue weighted by atomic mass is 10.0. The number of aromatic nitrogens is 2. The third-order valence-electron chi connectivity index (χ3n) is 7.36. The van der Waals surface area contributed by atoms with Crippen molar-refractivity contribution in [3.05, 3.63) is 76.8 Å². The molecule has 2 heterocycles. The van der Waals surface area contributed by atoms with Gasteiger partial charge in [-0.15, -0.1) is 0 Å². The number of nitrogens with one attached hydrogen (secondary N) is 3. The standard InChI is InChI=1S/C31H36ClFN8O2/c1-17-10-21(39-30(42)36-16-31(2,3)43)7-8-23(17)18-11-27-28(38-22-6-5-20(34)13-22)24(14-37-41(27)15-18)29(35)40-26-12-19(33)4-9-25(26)32/h4,7-12,14-15,20,22,38,43H,5-6,13,16,34H2,1-3H3,(H2,35,40)(H2,36,39,42)/t20-,22+/m1/s1. The molecule has 0 spiro atoms. The van der Waals surface area contributed by atoms with Crippen LogP contribution < -0.4 is 27.4 Å². The molecule has 1 aliphatic rings. The van der Waals surface area contributed by atoms with Gasteiger partial charge in [0.2, 0.25) is 0 Å². The van der Waals surface area contributed by atoms with Crippen LogP contribution in [0.25, 0.3) is 16.6 Å². The van der Waals surface area contributed by atoms with Crippen LogP contribution in [0.15, 0.2) is 59.9 Å². The zero-order chi connectivity index (χ0) is 30.9. The largest absolute Gasteiger partial charge is 0.389 e. The molecule has 0 radical (unpaired) electrons. The first-order valence-electron chi connectivity index (χ1n) is 14.1. The highest BCUT2D eigenvalue weighted by Gasteiger charge is 2.25. The summed E-state index contributed by atoms with van der Waals surface area (Å²) in [7, 11) is 0. The van der Waals surface area contributed by atoms with Crippen molar-refractivity contribution in [1.82, 2.24) is 14.9 Å². The van der Waals surface area contributed by atoms with Gasteiger partial charge in [0.25, 0.3) is 0 Å². The number of aliphatic imine (C=N–C) groups is 1. The van der Waals surface area contributed by atoms with Crippen LogP contribution >= 0.6 is 11.6 Å². The molecule has 0 saturated heterocycles. The Balaban J connectivity index is 1.49. The molecule has 1 fully saturated rings. The summed E-state index contributed by atoms with van der Waals surface area (Å²) in [6, 6.07) is 11.4. The number of carbonyl (C=O) groups is 1. The number of aliphatic hydroxyl groups is 1. The van der Waals surface area contributed by atoms with Crippen LogP contribution in [0.5, 0.6) is 0 Å². The highest BCUT2D eigenvalue weighted by Crippen LogP contribution is 2.34. The zero-order valence-electron chi connectivity index (χ0n) is 24.3. The summed E-state index contributed by atoms with van der Waals surface area (Å²) in [6.07, 6.45) is 6.19. The lowest BCUT2D eigenvalue weighted by molar-refractivity contribution is 0.0826. The van der Waals surface area contributed by atoms with Crippen molar-refractivity contribution >= 4 is 46.0 Å². The third-order valence-corrected chi connectivity index (χ3v) is 7.68. The molecule has 2 aromatic heterocycles. The van der Waals surface area contributed by atoms with E-state index >= 15 is 0 Å². The first kappa shape index (κ1) is 30.3. The number of hydrogen-bond donors (Lipinski definition) is 6. The summed E-state index contributed by atoms with van der Waals surface area (Å²) in [5.74, 6) is -0.324. The molecular weight excluding hydrogens is 571 g/mol. The summed E-state index contributed by atoms with van der Waals surface area (Å²) in [5.41, 5.74) is 17.4. The molecule has 2 aromatic carbocycles. The van der Waals surface area contributed by atoms with E-state index < -0.39 is 17.4 Å². The van der Waals surface area contributed by atoms with Crippen LogP contribution in [-0.4, -0.2) is 50.8 Å². The van der Waals surface area contributed by atoms with Gasteiger partial charge in [0, 0.05) is 42.1 Å². The minimum absolute atomic E-state index is 0.116. The van der Waals surface area contributed by atoms with Crippen molar-refractivity contribution in [2.24, 2.45) is 16.5 Å². The van der Waals surface area contributed by atoms with Gasteiger partial charge < -0.3 is 32.5 Å². The second-order valence-corrected chi connectivity index (χ2v) is 12.1. The van der Waals surface area contributed by atoms with Gasteiger partial charge in [-0.3, -0.25) is 0 Å². The average molecular weight is 607 g/mol. The van der Waals surface area contributed by atoms with E-state index in [1.54, 1.807) is 24.6 Å². The molecule has 12 heteroatoms. The zero-order valence-corrected chi connectivity index (χ0v) is 25.0. The van der Waals surface area contributed by atoms with Crippen LogP contribution in [0.3, 0.4) is 0 Å². The molecule has 43 heavy (non-hydrogen) atoms. The number of hydrogen-bond acceptors (Lipinski definition) is 6. The third kappa shape index (κ3) is 7.24. The molecule has 0 aliphatic heterocycles. The highest BCUT2D eigenvalue weighted by molar-refractivity contribution is 6.33. The maximum Gasteiger partial charge on any atom is 0.319 e. The number of carbonyl (C=O) groups excluding carboxylic acids is 1. The molecule has 1 aliphatic carbocycles. The molecule has 5 rings (SSSR count). The molecule has 4 aromatic rings. The smallest absolute Gasteiger partial charge is 0.319 e. The number of amides is 2. The van der Waals surface area contributed by atoms with E-state index in [-0.39, 0.29) is 35.2 Å². The Morgan fingerprint density at radius 3 is 2.72 bits per heavy atom. The maximum absolute atomic E-state index is 13.9. The predicted molar refractivity (Wildman–Crippen MR) is 170 cm³/mol. The van der Waals surface area contributed by atoms with Gasteiger partial charge in [-0.2, -0.15) is 5.10 Å². The summed E-state index contributed by atoms with van der Waals surface area (Å²) >= 11 is 6.26. The summed E-state index contributed by atoms with van der Waals surface area (Å²) in [6.45, 7) is 5.33. The number of amidine groups is 1. The molecule has 0 bridgehead atoms. The Labute approximate surface area is 254 Å². The van der Waals surface area contributed by atoms with Gasteiger partial charge >= 0.3 is 6.03 Å². The molecule has 8 N–H and O–H groups in total. The van der Waals surface area contributed by atoms with E-state index in [0.29, 0.717) is 11.3 Å². The van der Waals surface area contributed by atoms with Crippen molar-refractivity contribution in [3.63, 3.8) is 0 Å². The Morgan fingerprint density at radius 1 is 1.23 bits per heavy atom. The van der Waals surface area contributed by atoms with Gasteiger partial charge in [-0.25, -0.2) is 18.7 Å². The first-order chi connectivity index (χ1) is 20.4. The second-order valence-electron chi connectivity index (χ2n) is 11.6. The number of aryl methyl sites for hydroxylation is 1. The van der Waals surface area contributed by atoms with Gasteiger partial charge in [0.15, 0.2) is 0 Å². The van der Waals surface area contributed by atoms with Crippen molar-refractivity contribution in [1.29, 1.82) is 0 Å². The van der Waals surface area contributed by atoms with Gasteiger partial charge in [-0.1, -0.05) is 17.7 Å². The number of halogens is 2. The molecule has 10 nitrogen and oxygen atoms in total. The molecule has 226 valence electrons. The van der Waals surface area contributed by atoms with Crippen LogP contribution in [0, 0.1) is 12.7 Å². The number of rotatable bonds is 8. The summed E-state index contributed by atoms with van der Waals surface area (Å²) in [5, 5.41) is 23.8.